The number of carbonyl (C=O) groups excluding carboxylic acids is 1. The Kier molecular flexibility index (Phi) is 7.16. The van der Waals surface area contributed by atoms with Crippen molar-refractivity contribution in [3.63, 3.8) is 0 Å². The number of nitrogens with one attached hydrogen (secondary N) is 1. The van der Waals surface area contributed by atoms with E-state index in [1.54, 1.807) is 34.7 Å². The third-order valence-electron chi connectivity index (χ3n) is 9.47. The molecule has 0 radical (unpaired) electrons. The van der Waals surface area contributed by atoms with Gasteiger partial charge in [0.2, 0.25) is 5.43 Å². The molecule has 2 fully saturated rings. The maximum absolute atomic E-state index is 16.0. The van der Waals surface area contributed by atoms with Crippen molar-refractivity contribution in [1.82, 2.24) is 14.2 Å². The largest absolute Gasteiger partial charge is 0.451 e. The third-order valence-corrected chi connectivity index (χ3v) is 9.47. The SMILES string of the molecule is NC1CCN(C(=O)c2cn3c4cc5c(=O)c6ccccc6c(=O)c5cc4oc4c(NCCCN5CCOCC5)c(F)cc(c2=O)c43)C1. The Hall–Kier alpha value is -4.91. The zero-order chi connectivity index (χ0) is 32.4. The maximum Gasteiger partial charge on any atom is 0.259 e. The van der Waals surface area contributed by atoms with Gasteiger partial charge in [0.15, 0.2) is 27.8 Å². The number of nitrogens with zero attached hydrogens (tertiary/aromatic N) is 3. The number of benzene rings is 4. The van der Waals surface area contributed by atoms with Crippen LogP contribution in [-0.2, 0) is 4.74 Å². The molecule has 11 nitrogen and oxygen atoms in total. The molecule has 2 saturated heterocycles. The van der Waals surface area contributed by atoms with Gasteiger partial charge in [-0.15, -0.1) is 0 Å². The van der Waals surface area contributed by atoms with Gasteiger partial charge in [-0.1, -0.05) is 24.3 Å². The minimum atomic E-state index is -0.711. The number of likely N-dealkylation sites (tertiary alicyclic amines) is 1. The number of rotatable bonds is 6. The molecule has 47 heavy (non-hydrogen) atoms. The molecule has 6 aromatic rings. The van der Waals surface area contributed by atoms with Crippen molar-refractivity contribution in [2.75, 3.05) is 57.8 Å². The van der Waals surface area contributed by atoms with Crippen molar-refractivity contribution >= 4 is 60.7 Å². The highest BCUT2D eigenvalue weighted by Gasteiger charge is 2.29. The van der Waals surface area contributed by atoms with Gasteiger partial charge in [-0.3, -0.25) is 24.1 Å². The highest BCUT2D eigenvalue weighted by molar-refractivity contribution is 6.08. The molecule has 2 aromatic heterocycles. The molecule has 2 aliphatic heterocycles. The normalized spacial score (nSPS) is 17.6. The van der Waals surface area contributed by atoms with Crippen LogP contribution < -0.4 is 27.3 Å². The molecular formula is C35H32FN5O6. The monoisotopic (exact) mass is 637 g/mol. The average Bonchev–Trinajstić information content (AvgIpc) is 3.53. The lowest BCUT2D eigenvalue weighted by atomic mass is 10.0. The minimum Gasteiger partial charge on any atom is -0.451 e. The van der Waals surface area contributed by atoms with Crippen LogP contribution in [-0.4, -0.2) is 78.6 Å². The van der Waals surface area contributed by atoms with E-state index in [1.165, 1.54) is 17.2 Å². The Morgan fingerprint density at radius 3 is 2.36 bits per heavy atom. The second kappa shape index (κ2) is 11.4. The molecule has 0 spiro atoms. The standard InChI is InChI=1S/C35H32FN5O6/c36-26-14-24-30-34(29(26)38-7-3-8-39-10-12-46-13-11-39)47-28-16-23-22(31(42)20-4-1-2-5-21(20)32(23)43)15-27(28)41(30)18-25(33(24)44)35(45)40-9-6-19(37)17-40/h1-2,4-5,14-16,18-19,38H,3,6-13,17,37H2. The Labute approximate surface area is 266 Å². The Morgan fingerprint density at radius 2 is 1.66 bits per heavy atom. The second-order valence-electron chi connectivity index (χ2n) is 12.4. The van der Waals surface area contributed by atoms with Crippen LogP contribution in [0.15, 0.2) is 67.5 Å². The lowest BCUT2D eigenvalue weighted by Gasteiger charge is -2.26. The van der Waals surface area contributed by atoms with Crippen molar-refractivity contribution in [2.45, 2.75) is 18.9 Å². The lowest BCUT2D eigenvalue weighted by molar-refractivity contribution is 0.0378. The summed E-state index contributed by atoms with van der Waals surface area (Å²) in [5.41, 5.74) is 5.52. The van der Waals surface area contributed by atoms with Gasteiger partial charge in [-0.25, -0.2) is 4.39 Å². The molecule has 3 N–H and O–H groups in total. The van der Waals surface area contributed by atoms with E-state index in [2.05, 4.69) is 10.2 Å². The minimum absolute atomic E-state index is 0.0400. The van der Waals surface area contributed by atoms with E-state index in [1.807, 2.05) is 0 Å². The van der Waals surface area contributed by atoms with Crippen LogP contribution >= 0.6 is 0 Å². The fourth-order valence-electron chi connectivity index (χ4n) is 7.01. The van der Waals surface area contributed by atoms with E-state index in [0.29, 0.717) is 50.2 Å². The van der Waals surface area contributed by atoms with E-state index in [0.717, 1.165) is 32.1 Å². The number of ether oxygens (including phenoxy) is 1. The van der Waals surface area contributed by atoms with E-state index < -0.39 is 17.2 Å². The summed E-state index contributed by atoms with van der Waals surface area (Å²) in [6.07, 6.45) is 2.75. The van der Waals surface area contributed by atoms with Gasteiger partial charge >= 0.3 is 0 Å². The predicted octanol–water partition coefficient (Wildman–Crippen LogP) is 3.11. The first-order valence-corrected chi connectivity index (χ1v) is 15.9. The van der Waals surface area contributed by atoms with Crippen molar-refractivity contribution in [3.8, 4) is 0 Å². The topological polar surface area (TPSA) is 140 Å². The van der Waals surface area contributed by atoms with Gasteiger partial charge in [-0.2, -0.15) is 0 Å². The number of halogens is 1. The number of aromatic nitrogens is 1. The van der Waals surface area contributed by atoms with Gasteiger partial charge in [0.25, 0.3) is 5.91 Å². The predicted molar refractivity (Wildman–Crippen MR) is 179 cm³/mol. The van der Waals surface area contributed by atoms with E-state index in [9.17, 15) is 19.2 Å². The van der Waals surface area contributed by atoms with E-state index in [-0.39, 0.29) is 66.4 Å². The number of pyridine rings is 1. The first kappa shape index (κ1) is 29.5. The van der Waals surface area contributed by atoms with Crippen LogP contribution in [0.2, 0.25) is 0 Å². The zero-order valence-electron chi connectivity index (χ0n) is 25.5. The third kappa shape index (κ3) is 4.82. The van der Waals surface area contributed by atoms with E-state index in [4.69, 9.17) is 14.9 Å². The molecule has 12 heteroatoms. The molecule has 0 saturated carbocycles. The number of hydrogen-bond donors (Lipinski definition) is 2. The highest BCUT2D eigenvalue weighted by Crippen LogP contribution is 2.35. The van der Waals surface area contributed by atoms with Crippen LogP contribution in [0.1, 0.15) is 23.2 Å². The van der Waals surface area contributed by atoms with Crippen LogP contribution in [0.25, 0.3) is 49.1 Å². The summed E-state index contributed by atoms with van der Waals surface area (Å²) in [5.74, 6) is -1.22. The van der Waals surface area contributed by atoms with Crippen molar-refractivity contribution in [3.05, 3.63) is 90.7 Å². The van der Waals surface area contributed by atoms with E-state index >= 15 is 4.39 Å². The number of morpholine rings is 1. The molecule has 240 valence electrons. The second-order valence-corrected chi connectivity index (χ2v) is 12.4. The lowest BCUT2D eigenvalue weighted by Crippen LogP contribution is -2.37. The summed E-state index contributed by atoms with van der Waals surface area (Å²) in [6.45, 7) is 4.95. The number of nitrogens with two attached hydrogens (primary N) is 1. The quantitative estimate of drug-likeness (QED) is 0.160. The summed E-state index contributed by atoms with van der Waals surface area (Å²) in [4.78, 5) is 58.5. The van der Waals surface area contributed by atoms with Gasteiger partial charge in [0, 0.05) is 66.5 Å². The molecule has 1 amide bonds. The number of amides is 1. The Balaban J connectivity index is 1.36. The molecule has 1 unspecified atom stereocenters. The zero-order valence-corrected chi connectivity index (χ0v) is 25.5. The summed E-state index contributed by atoms with van der Waals surface area (Å²) < 4.78 is 29.3. The van der Waals surface area contributed by atoms with Gasteiger partial charge in [-0.05, 0) is 37.6 Å². The Bertz CT molecular complexity index is 2420. The van der Waals surface area contributed by atoms with Crippen LogP contribution in [0.4, 0.5) is 10.1 Å². The first-order chi connectivity index (χ1) is 22.8. The molecular weight excluding hydrogens is 605 g/mol. The molecule has 4 aromatic carbocycles. The molecule has 4 heterocycles. The smallest absolute Gasteiger partial charge is 0.259 e. The molecule has 2 aliphatic rings. The van der Waals surface area contributed by atoms with Gasteiger partial charge < -0.3 is 29.5 Å². The van der Waals surface area contributed by atoms with Crippen molar-refractivity contribution < 1.29 is 18.3 Å². The summed E-state index contributed by atoms with van der Waals surface area (Å²) in [5, 5.41) is 4.04. The van der Waals surface area contributed by atoms with Crippen molar-refractivity contribution in [1.29, 1.82) is 0 Å². The summed E-state index contributed by atoms with van der Waals surface area (Å²) in [7, 11) is 0. The molecule has 1 atom stereocenters. The molecule has 0 bridgehead atoms. The first-order valence-electron chi connectivity index (χ1n) is 15.9. The molecule has 0 aliphatic carbocycles. The van der Waals surface area contributed by atoms with Crippen LogP contribution in [0.3, 0.4) is 0 Å². The number of anilines is 1. The highest BCUT2D eigenvalue weighted by atomic mass is 19.1. The fraction of sp³-hybridized carbons (Fsp3) is 0.314. The van der Waals surface area contributed by atoms with Crippen LogP contribution in [0.5, 0.6) is 0 Å². The molecule has 8 rings (SSSR count). The van der Waals surface area contributed by atoms with Crippen molar-refractivity contribution in [2.24, 2.45) is 5.73 Å². The van der Waals surface area contributed by atoms with Crippen LogP contribution in [0, 0.1) is 5.82 Å². The number of carbonyl (C=O) groups is 1. The summed E-state index contributed by atoms with van der Waals surface area (Å²) in [6, 6.07) is 10.6. The Morgan fingerprint density at radius 1 is 0.936 bits per heavy atom. The number of fused-ring (bicyclic) bond motifs is 4. The maximum atomic E-state index is 16.0. The number of hydrogen-bond acceptors (Lipinski definition) is 9. The summed E-state index contributed by atoms with van der Waals surface area (Å²) >= 11 is 0. The average molecular weight is 638 g/mol. The van der Waals surface area contributed by atoms with Gasteiger partial charge in [0.1, 0.15) is 16.8 Å². The van der Waals surface area contributed by atoms with Gasteiger partial charge in [0.05, 0.1) is 24.1 Å². The fourth-order valence-corrected chi connectivity index (χ4v) is 7.01.